The van der Waals surface area contributed by atoms with Gasteiger partial charge in [-0.1, -0.05) is 0 Å². The number of rotatable bonds is 9. The van der Waals surface area contributed by atoms with Crippen molar-refractivity contribution < 1.29 is 29.7 Å². The maximum Gasteiger partial charge on any atom is 0.303 e. The van der Waals surface area contributed by atoms with Crippen molar-refractivity contribution in [1.82, 2.24) is 0 Å². The Bertz CT molecular complexity index is 256. The van der Waals surface area contributed by atoms with Crippen LogP contribution in [-0.4, -0.2) is 38.8 Å². The van der Waals surface area contributed by atoms with Crippen LogP contribution in [-0.2, 0) is 14.4 Å². The Morgan fingerprint density at radius 2 is 1.00 bits per heavy atom. The molecule has 0 aromatic heterocycles. The van der Waals surface area contributed by atoms with Crippen LogP contribution >= 0.6 is 0 Å². The minimum Gasteiger partial charge on any atom is -0.481 e. The Balaban J connectivity index is 4.37. The molecule has 0 saturated carbocycles. The molecule has 0 aliphatic heterocycles. The highest BCUT2D eigenvalue weighted by Crippen LogP contribution is 2.22. The molecule has 0 aliphatic carbocycles. The predicted molar refractivity (Wildman–Crippen MR) is 57.5 cm³/mol. The molecule has 0 atom stereocenters. The van der Waals surface area contributed by atoms with Crippen LogP contribution < -0.4 is 5.73 Å². The molecule has 7 heteroatoms. The van der Waals surface area contributed by atoms with Crippen LogP contribution in [0.1, 0.15) is 38.5 Å². The van der Waals surface area contributed by atoms with Gasteiger partial charge >= 0.3 is 17.9 Å². The van der Waals surface area contributed by atoms with Gasteiger partial charge in [0.2, 0.25) is 0 Å². The number of hydrogen-bond acceptors (Lipinski definition) is 4. The fraction of sp³-hybridized carbons (Fsp3) is 0.700. The lowest BCUT2D eigenvalue weighted by Crippen LogP contribution is -2.41. The molecule has 0 fully saturated rings. The topological polar surface area (TPSA) is 138 Å². The van der Waals surface area contributed by atoms with E-state index in [4.69, 9.17) is 21.1 Å². The first-order valence-corrected chi connectivity index (χ1v) is 5.19. The molecule has 0 heterocycles. The first-order valence-electron chi connectivity index (χ1n) is 5.19. The second-order valence-corrected chi connectivity index (χ2v) is 4.04. The Kier molecular flexibility index (Phi) is 6.19. The number of carboxylic acid groups (broad SMARTS) is 3. The Morgan fingerprint density at radius 3 is 1.18 bits per heavy atom. The van der Waals surface area contributed by atoms with Crippen LogP contribution in [0.4, 0.5) is 0 Å². The molecule has 0 saturated heterocycles. The maximum atomic E-state index is 10.4. The van der Waals surface area contributed by atoms with E-state index in [2.05, 4.69) is 0 Å². The lowest BCUT2D eigenvalue weighted by molar-refractivity contribution is -0.137. The molecule has 5 N–H and O–H groups in total. The van der Waals surface area contributed by atoms with Gasteiger partial charge in [-0.25, -0.2) is 0 Å². The van der Waals surface area contributed by atoms with Gasteiger partial charge in [0.25, 0.3) is 0 Å². The van der Waals surface area contributed by atoms with Crippen LogP contribution in [0.3, 0.4) is 0 Å². The van der Waals surface area contributed by atoms with E-state index >= 15 is 0 Å². The van der Waals surface area contributed by atoms with Crippen LogP contribution in [0.2, 0.25) is 0 Å². The first kappa shape index (κ1) is 15.4. The highest BCUT2D eigenvalue weighted by Gasteiger charge is 2.27. The lowest BCUT2D eigenvalue weighted by atomic mass is 9.85. The number of carbonyl (C=O) groups is 3. The SMILES string of the molecule is NC(CCC(=O)O)(CCC(=O)O)CCC(=O)O. The van der Waals surface area contributed by atoms with Crippen molar-refractivity contribution in [3.8, 4) is 0 Å². The summed E-state index contributed by atoms with van der Waals surface area (Å²) < 4.78 is 0. The minimum atomic E-state index is -1.05. The van der Waals surface area contributed by atoms with E-state index in [1.165, 1.54) is 0 Å². The summed E-state index contributed by atoms with van der Waals surface area (Å²) in [6.07, 6.45) is -0.379. The van der Waals surface area contributed by atoms with Crippen molar-refractivity contribution >= 4 is 17.9 Å². The number of carboxylic acids is 3. The molecule has 98 valence electrons. The summed E-state index contributed by atoms with van der Waals surface area (Å²) in [5.41, 5.74) is 4.81. The third kappa shape index (κ3) is 8.21. The van der Waals surface area contributed by atoms with Gasteiger partial charge in [0, 0.05) is 24.8 Å². The number of nitrogens with two attached hydrogens (primary N) is 1. The van der Waals surface area contributed by atoms with Gasteiger partial charge in [0.15, 0.2) is 0 Å². The van der Waals surface area contributed by atoms with Gasteiger partial charge in [0.05, 0.1) is 0 Å². The molecule has 0 unspecified atom stereocenters. The third-order valence-corrected chi connectivity index (χ3v) is 2.51. The van der Waals surface area contributed by atoms with E-state index in [9.17, 15) is 14.4 Å². The van der Waals surface area contributed by atoms with Gasteiger partial charge < -0.3 is 21.1 Å². The predicted octanol–water partition coefficient (Wildman–Crippen LogP) is 0.278. The second kappa shape index (κ2) is 6.85. The maximum absolute atomic E-state index is 10.4. The monoisotopic (exact) mass is 247 g/mol. The molecule has 7 nitrogen and oxygen atoms in total. The molecule has 0 aliphatic rings. The largest absolute Gasteiger partial charge is 0.481 e. The molecule has 0 aromatic rings. The van der Waals surface area contributed by atoms with Gasteiger partial charge in [-0.15, -0.1) is 0 Å². The lowest BCUT2D eigenvalue weighted by Gasteiger charge is -2.28. The molecule has 0 bridgehead atoms. The average molecular weight is 247 g/mol. The van der Waals surface area contributed by atoms with E-state index < -0.39 is 23.4 Å². The van der Waals surface area contributed by atoms with Gasteiger partial charge in [0.1, 0.15) is 0 Å². The van der Waals surface area contributed by atoms with E-state index in [1.54, 1.807) is 0 Å². The van der Waals surface area contributed by atoms with Crippen molar-refractivity contribution in [2.45, 2.75) is 44.1 Å². The number of hydrogen-bond donors (Lipinski definition) is 4. The highest BCUT2D eigenvalue weighted by molar-refractivity contribution is 5.68. The minimum absolute atomic E-state index is 0.0723. The summed E-state index contributed by atoms with van der Waals surface area (Å²) in [4.78, 5) is 31.3. The van der Waals surface area contributed by atoms with Gasteiger partial charge in [-0.05, 0) is 19.3 Å². The van der Waals surface area contributed by atoms with Crippen molar-refractivity contribution in [2.24, 2.45) is 5.73 Å². The molecule has 0 rings (SSSR count). The quantitative estimate of drug-likeness (QED) is 0.459. The second-order valence-electron chi connectivity index (χ2n) is 4.04. The molecular weight excluding hydrogens is 230 g/mol. The molecule has 0 aromatic carbocycles. The summed E-state index contributed by atoms with van der Waals surface area (Å²) in [5, 5.41) is 25.6. The van der Waals surface area contributed by atoms with Crippen molar-refractivity contribution in [1.29, 1.82) is 0 Å². The van der Waals surface area contributed by atoms with Crippen molar-refractivity contribution in [2.75, 3.05) is 0 Å². The fourth-order valence-electron chi connectivity index (χ4n) is 1.44. The van der Waals surface area contributed by atoms with E-state index in [0.717, 1.165) is 0 Å². The Morgan fingerprint density at radius 1 is 0.765 bits per heavy atom. The molecule has 17 heavy (non-hydrogen) atoms. The fourth-order valence-corrected chi connectivity index (χ4v) is 1.44. The van der Waals surface area contributed by atoms with Gasteiger partial charge in [-0.2, -0.15) is 0 Å². The Labute approximate surface area is 98.2 Å². The van der Waals surface area contributed by atoms with E-state index in [-0.39, 0.29) is 38.5 Å². The summed E-state index contributed by atoms with van der Waals surface area (Å²) in [5.74, 6) is -3.11. The zero-order valence-electron chi connectivity index (χ0n) is 9.39. The van der Waals surface area contributed by atoms with Gasteiger partial charge in [-0.3, -0.25) is 14.4 Å². The van der Waals surface area contributed by atoms with Crippen LogP contribution in [0.15, 0.2) is 0 Å². The smallest absolute Gasteiger partial charge is 0.303 e. The summed E-state index contributed by atoms with van der Waals surface area (Å²) >= 11 is 0. The molecule has 0 amide bonds. The standard InChI is InChI=1S/C10H17NO6/c11-10(4-1-7(12)13,5-2-8(14)15)6-3-9(16)17/h1-6,11H2,(H,12,13)(H,14,15)(H,16,17). The normalized spacial score (nSPS) is 11.1. The van der Waals surface area contributed by atoms with Crippen molar-refractivity contribution in [3.05, 3.63) is 0 Å². The summed E-state index contributed by atoms with van der Waals surface area (Å²) in [7, 11) is 0. The van der Waals surface area contributed by atoms with Crippen molar-refractivity contribution in [3.63, 3.8) is 0 Å². The summed E-state index contributed by atoms with van der Waals surface area (Å²) in [6.45, 7) is 0. The average Bonchev–Trinajstić information content (AvgIpc) is 2.21. The van der Waals surface area contributed by atoms with E-state index in [1.807, 2.05) is 0 Å². The van der Waals surface area contributed by atoms with Crippen LogP contribution in [0.5, 0.6) is 0 Å². The zero-order chi connectivity index (χ0) is 13.5. The summed E-state index contributed by atoms with van der Waals surface area (Å²) in [6, 6.07) is 0. The van der Waals surface area contributed by atoms with E-state index in [0.29, 0.717) is 0 Å². The molecule has 0 spiro atoms. The van der Waals surface area contributed by atoms with Crippen LogP contribution in [0, 0.1) is 0 Å². The third-order valence-electron chi connectivity index (χ3n) is 2.51. The molecule has 0 radical (unpaired) electrons. The molecular formula is C10H17NO6. The highest BCUT2D eigenvalue weighted by atomic mass is 16.4. The number of aliphatic carboxylic acids is 3. The Hall–Kier alpha value is -1.63. The first-order chi connectivity index (χ1) is 7.75. The van der Waals surface area contributed by atoms with Crippen LogP contribution in [0.25, 0.3) is 0 Å². The zero-order valence-corrected chi connectivity index (χ0v) is 9.39.